The molecule has 1 rings (SSSR count). The van der Waals surface area contributed by atoms with Gasteiger partial charge >= 0.3 is 0 Å². The largest absolute Gasteiger partial charge is 0.389 e. The summed E-state index contributed by atoms with van der Waals surface area (Å²) < 4.78 is 19.1. The van der Waals surface area contributed by atoms with Crippen molar-refractivity contribution in [3.05, 3.63) is 29.6 Å². The first-order valence-electron chi connectivity index (χ1n) is 6.20. The van der Waals surface area contributed by atoms with E-state index in [9.17, 15) is 9.50 Å². The zero-order valence-electron chi connectivity index (χ0n) is 11.5. The zero-order chi connectivity index (χ0) is 13.7. The van der Waals surface area contributed by atoms with Crippen LogP contribution in [0.15, 0.2) is 18.2 Å². The number of ether oxygens (including phenoxy) is 1. The Bertz CT molecular complexity index is 380. The summed E-state index contributed by atoms with van der Waals surface area (Å²) in [4.78, 5) is 1.95. The van der Waals surface area contributed by atoms with Gasteiger partial charge in [-0.1, -0.05) is 6.07 Å². The van der Waals surface area contributed by atoms with Crippen molar-refractivity contribution in [1.82, 2.24) is 0 Å². The van der Waals surface area contributed by atoms with E-state index in [0.29, 0.717) is 24.4 Å². The smallest absolute Gasteiger partial charge is 0.146 e. The number of anilines is 1. The van der Waals surface area contributed by atoms with Gasteiger partial charge in [-0.05, 0) is 38.5 Å². The van der Waals surface area contributed by atoms with Crippen molar-refractivity contribution in [1.29, 1.82) is 0 Å². The van der Waals surface area contributed by atoms with Crippen molar-refractivity contribution >= 4 is 5.69 Å². The average Bonchev–Trinajstić information content (AvgIpc) is 2.30. The SMILES string of the molecule is COCCN(c1ccc([C@H](C)O)cc1F)C(C)C. The van der Waals surface area contributed by atoms with Crippen LogP contribution in [0.5, 0.6) is 0 Å². The van der Waals surface area contributed by atoms with Gasteiger partial charge in [-0.2, -0.15) is 0 Å². The van der Waals surface area contributed by atoms with Crippen LogP contribution < -0.4 is 4.90 Å². The second-order valence-corrected chi connectivity index (χ2v) is 4.67. The summed E-state index contributed by atoms with van der Waals surface area (Å²) in [6, 6.07) is 5.05. The molecule has 0 heterocycles. The lowest BCUT2D eigenvalue weighted by Gasteiger charge is -2.29. The highest BCUT2D eigenvalue weighted by Crippen LogP contribution is 2.24. The second kappa shape index (κ2) is 6.71. The molecule has 0 aliphatic rings. The third-order valence-corrected chi connectivity index (χ3v) is 2.92. The van der Waals surface area contributed by atoms with Crippen LogP contribution in [-0.4, -0.2) is 31.4 Å². The molecule has 0 bridgehead atoms. The number of nitrogens with zero attached hydrogens (tertiary/aromatic N) is 1. The molecule has 0 saturated heterocycles. The van der Waals surface area contributed by atoms with Crippen molar-refractivity contribution in [2.75, 3.05) is 25.2 Å². The third-order valence-electron chi connectivity index (χ3n) is 2.92. The van der Waals surface area contributed by atoms with Crippen LogP contribution >= 0.6 is 0 Å². The van der Waals surface area contributed by atoms with Gasteiger partial charge in [0.2, 0.25) is 0 Å². The van der Waals surface area contributed by atoms with Gasteiger partial charge in [-0.25, -0.2) is 4.39 Å². The molecule has 0 amide bonds. The van der Waals surface area contributed by atoms with Crippen molar-refractivity contribution < 1.29 is 14.2 Å². The van der Waals surface area contributed by atoms with Crippen molar-refractivity contribution in [2.24, 2.45) is 0 Å². The van der Waals surface area contributed by atoms with Crippen LogP contribution in [0.2, 0.25) is 0 Å². The van der Waals surface area contributed by atoms with E-state index in [1.807, 2.05) is 18.7 Å². The fourth-order valence-corrected chi connectivity index (χ4v) is 1.86. The summed E-state index contributed by atoms with van der Waals surface area (Å²) in [6.07, 6.45) is -0.653. The van der Waals surface area contributed by atoms with Gasteiger partial charge in [-0.3, -0.25) is 0 Å². The lowest BCUT2D eigenvalue weighted by atomic mass is 10.1. The predicted octanol–water partition coefficient (Wildman–Crippen LogP) is 2.74. The maximum atomic E-state index is 14.1. The Labute approximate surface area is 108 Å². The first-order valence-corrected chi connectivity index (χ1v) is 6.20. The topological polar surface area (TPSA) is 32.7 Å². The van der Waals surface area contributed by atoms with Crippen molar-refractivity contribution in [3.8, 4) is 0 Å². The molecule has 0 radical (unpaired) electrons. The van der Waals surface area contributed by atoms with E-state index in [2.05, 4.69) is 0 Å². The van der Waals surface area contributed by atoms with E-state index in [1.54, 1.807) is 26.2 Å². The van der Waals surface area contributed by atoms with Gasteiger partial charge in [-0.15, -0.1) is 0 Å². The van der Waals surface area contributed by atoms with Crippen LogP contribution in [0, 0.1) is 5.82 Å². The van der Waals surface area contributed by atoms with Crippen LogP contribution in [0.4, 0.5) is 10.1 Å². The van der Waals surface area contributed by atoms with Gasteiger partial charge in [0.1, 0.15) is 5.82 Å². The molecule has 3 nitrogen and oxygen atoms in total. The minimum Gasteiger partial charge on any atom is -0.389 e. The van der Waals surface area contributed by atoms with Gasteiger partial charge in [0.15, 0.2) is 0 Å². The fraction of sp³-hybridized carbons (Fsp3) is 0.571. The van der Waals surface area contributed by atoms with E-state index >= 15 is 0 Å². The van der Waals surface area contributed by atoms with Crippen molar-refractivity contribution in [2.45, 2.75) is 32.9 Å². The van der Waals surface area contributed by atoms with Gasteiger partial charge < -0.3 is 14.7 Å². The molecule has 0 unspecified atom stereocenters. The molecule has 4 heteroatoms. The summed E-state index contributed by atoms with van der Waals surface area (Å²) >= 11 is 0. The van der Waals surface area contributed by atoms with Crippen molar-refractivity contribution in [3.63, 3.8) is 0 Å². The molecule has 0 saturated carbocycles. The van der Waals surface area contributed by atoms with E-state index in [1.165, 1.54) is 6.07 Å². The first-order chi connectivity index (χ1) is 8.47. The average molecular weight is 255 g/mol. The summed E-state index contributed by atoms with van der Waals surface area (Å²) in [5, 5.41) is 9.43. The number of hydrogen-bond acceptors (Lipinski definition) is 3. The molecule has 1 aromatic rings. The highest BCUT2D eigenvalue weighted by atomic mass is 19.1. The normalized spacial score (nSPS) is 12.8. The Hall–Kier alpha value is -1.13. The van der Waals surface area contributed by atoms with Gasteiger partial charge in [0, 0.05) is 19.7 Å². The number of hydrogen-bond donors (Lipinski definition) is 1. The van der Waals surface area contributed by atoms with Crippen LogP contribution in [0.1, 0.15) is 32.4 Å². The molecular weight excluding hydrogens is 233 g/mol. The quantitative estimate of drug-likeness (QED) is 0.848. The van der Waals surface area contributed by atoms with Crippen LogP contribution in [-0.2, 0) is 4.74 Å². The van der Waals surface area contributed by atoms with Gasteiger partial charge in [0.05, 0.1) is 18.4 Å². The molecule has 102 valence electrons. The number of aliphatic hydroxyl groups excluding tert-OH is 1. The predicted molar refractivity (Wildman–Crippen MR) is 71.4 cm³/mol. The number of rotatable bonds is 6. The molecular formula is C14H22FNO2. The van der Waals surface area contributed by atoms with E-state index in [4.69, 9.17) is 4.74 Å². The molecule has 0 aliphatic heterocycles. The maximum absolute atomic E-state index is 14.1. The number of halogens is 1. The third kappa shape index (κ3) is 3.68. The van der Waals surface area contributed by atoms with E-state index in [0.717, 1.165) is 0 Å². The Morgan fingerprint density at radius 2 is 2.00 bits per heavy atom. The number of benzene rings is 1. The molecule has 1 aromatic carbocycles. The molecule has 0 aliphatic carbocycles. The second-order valence-electron chi connectivity index (χ2n) is 4.67. The Balaban J connectivity index is 2.98. The maximum Gasteiger partial charge on any atom is 0.146 e. The number of methoxy groups -OCH3 is 1. The Morgan fingerprint density at radius 3 is 2.44 bits per heavy atom. The summed E-state index contributed by atoms with van der Waals surface area (Å²) in [5.41, 5.74) is 1.14. The molecule has 18 heavy (non-hydrogen) atoms. The highest BCUT2D eigenvalue weighted by molar-refractivity contribution is 5.50. The van der Waals surface area contributed by atoms with E-state index < -0.39 is 6.10 Å². The fourth-order valence-electron chi connectivity index (χ4n) is 1.86. The van der Waals surface area contributed by atoms with E-state index in [-0.39, 0.29) is 11.9 Å². The number of aliphatic hydroxyl groups is 1. The first kappa shape index (κ1) is 14.9. The van der Waals surface area contributed by atoms with Crippen LogP contribution in [0.25, 0.3) is 0 Å². The lowest BCUT2D eigenvalue weighted by Crippen LogP contribution is -2.34. The molecule has 0 spiro atoms. The molecule has 0 aromatic heterocycles. The molecule has 1 atom stereocenters. The van der Waals surface area contributed by atoms with Crippen LogP contribution in [0.3, 0.4) is 0 Å². The van der Waals surface area contributed by atoms with Gasteiger partial charge in [0.25, 0.3) is 0 Å². The summed E-state index contributed by atoms with van der Waals surface area (Å²) in [5.74, 6) is -0.307. The molecule has 0 fully saturated rings. The Morgan fingerprint density at radius 1 is 1.33 bits per heavy atom. The summed E-state index contributed by atoms with van der Waals surface area (Å²) in [6.45, 7) is 6.84. The molecule has 1 N–H and O–H groups in total. The minimum absolute atomic E-state index is 0.187. The lowest BCUT2D eigenvalue weighted by molar-refractivity contribution is 0.198. The highest BCUT2D eigenvalue weighted by Gasteiger charge is 2.15. The zero-order valence-corrected chi connectivity index (χ0v) is 11.5. The summed E-state index contributed by atoms with van der Waals surface area (Å²) in [7, 11) is 1.63. The minimum atomic E-state index is -0.653. The Kier molecular flexibility index (Phi) is 5.56. The standard InChI is InChI=1S/C14H22FNO2/c1-10(2)16(7-8-18-4)14-6-5-12(11(3)17)9-13(14)15/h5-6,9-11,17H,7-8H2,1-4H3/t11-/m0/s1. The monoisotopic (exact) mass is 255 g/mol.